The van der Waals surface area contributed by atoms with Gasteiger partial charge in [0.05, 0.1) is 11.4 Å². The minimum atomic E-state index is 0.0864. The van der Waals surface area contributed by atoms with Crippen LogP contribution in [-0.4, -0.2) is 27.5 Å². The number of nitrogens with zero attached hydrogens (tertiary/aromatic N) is 2. The fraction of sp³-hybridized carbons (Fsp3) is 0.500. The molecule has 0 bridgehead atoms. The van der Waals surface area contributed by atoms with Crippen molar-refractivity contribution in [1.82, 2.24) is 15.1 Å². The van der Waals surface area contributed by atoms with Crippen LogP contribution in [-0.2, 0) is 4.79 Å². The minimum absolute atomic E-state index is 0.0864. The average molecular weight is 394 g/mol. The molecule has 0 spiro atoms. The zero-order valence-corrected chi connectivity index (χ0v) is 16.9. The summed E-state index contributed by atoms with van der Waals surface area (Å²) in [5.74, 6) is 1.69. The Kier molecular flexibility index (Phi) is 6.30. The standard InChI is InChI=1S/C18H23N3OS3/c1-12-7-6-10-15(13(12)2)19-16(22)11-24-17-20-21(18(23)25-17)14-8-4-3-5-9-14/h3-5,8-9,12-13,15H,6-7,10-11H2,1-2H3,(H,19,22). The van der Waals surface area contributed by atoms with E-state index in [1.165, 1.54) is 35.9 Å². The molecule has 1 amide bonds. The van der Waals surface area contributed by atoms with Crippen LogP contribution in [0.25, 0.3) is 5.69 Å². The Morgan fingerprint density at radius 1 is 1.36 bits per heavy atom. The summed E-state index contributed by atoms with van der Waals surface area (Å²) in [6, 6.07) is 10.1. The molecule has 0 saturated heterocycles. The van der Waals surface area contributed by atoms with Gasteiger partial charge in [0, 0.05) is 6.04 Å². The van der Waals surface area contributed by atoms with E-state index in [0.717, 1.165) is 16.4 Å². The van der Waals surface area contributed by atoms with Crippen LogP contribution in [0.4, 0.5) is 0 Å². The van der Waals surface area contributed by atoms with E-state index >= 15 is 0 Å². The first-order valence-electron chi connectivity index (χ1n) is 8.62. The van der Waals surface area contributed by atoms with Gasteiger partial charge in [0.2, 0.25) is 5.91 Å². The molecule has 7 heteroatoms. The summed E-state index contributed by atoms with van der Waals surface area (Å²) in [4.78, 5) is 12.3. The van der Waals surface area contributed by atoms with Crippen LogP contribution in [0, 0.1) is 15.8 Å². The van der Waals surface area contributed by atoms with Gasteiger partial charge in [-0.15, -0.1) is 5.10 Å². The lowest BCUT2D eigenvalue weighted by molar-refractivity contribution is -0.119. The van der Waals surface area contributed by atoms with Crippen molar-refractivity contribution in [2.24, 2.45) is 11.8 Å². The van der Waals surface area contributed by atoms with E-state index in [2.05, 4.69) is 24.3 Å². The molecule has 3 atom stereocenters. The van der Waals surface area contributed by atoms with Crippen LogP contribution in [0.5, 0.6) is 0 Å². The molecule has 25 heavy (non-hydrogen) atoms. The van der Waals surface area contributed by atoms with Gasteiger partial charge < -0.3 is 5.32 Å². The lowest BCUT2D eigenvalue weighted by Gasteiger charge is -2.34. The Labute approximate surface area is 162 Å². The highest BCUT2D eigenvalue weighted by atomic mass is 32.2. The first-order chi connectivity index (χ1) is 12.0. The highest BCUT2D eigenvalue weighted by molar-refractivity contribution is 8.01. The molecule has 3 rings (SSSR count). The summed E-state index contributed by atoms with van der Waals surface area (Å²) in [7, 11) is 0. The second-order valence-electron chi connectivity index (χ2n) is 6.61. The smallest absolute Gasteiger partial charge is 0.230 e. The number of amides is 1. The van der Waals surface area contributed by atoms with Crippen molar-refractivity contribution in [3.05, 3.63) is 34.3 Å². The molecule has 0 aliphatic heterocycles. The third-order valence-electron chi connectivity index (χ3n) is 4.91. The molecular weight excluding hydrogens is 370 g/mol. The zero-order chi connectivity index (χ0) is 17.8. The second-order valence-corrected chi connectivity index (χ2v) is 9.46. The Hall–Kier alpha value is -1.18. The van der Waals surface area contributed by atoms with Crippen LogP contribution >= 0.6 is 35.3 Å². The van der Waals surface area contributed by atoms with Gasteiger partial charge in [-0.05, 0) is 42.6 Å². The maximum atomic E-state index is 12.3. The Balaban J connectivity index is 1.57. The quantitative estimate of drug-likeness (QED) is 0.591. The van der Waals surface area contributed by atoms with Gasteiger partial charge in [0.15, 0.2) is 8.29 Å². The molecule has 0 radical (unpaired) electrons. The maximum absolute atomic E-state index is 12.3. The predicted octanol–water partition coefficient (Wildman–Crippen LogP) is 4.70. The van der Waals surface area contributed by atoms with Crippen LogP contribution in [0.2, 0.25) is 0 Å². The van der Waals surface area contributed by atoms with E-state index in [0.29, 0.717) is 27.6 Å². The third-order valence-corrected chi connectivity index (χ3v) is 7.28. The zero-order valence-electron chi connectivity index (χ0n) is 14.5. The Morgan fingerprint density at radius 2 is 2.12 bits per heavy atom. The molecule has 1 aliphatic rings. The molecular formula is C18H23N3OS3. The molecule has 2 aromatic rings. The molecule has 3 unspecified atom stereocenters. The topological polar surface area (TPSA) is 46.9 Å². The van der Waals surface area contributed by atoms with E-state index in [4.69, 9.17) is 12.2 Å². The predicted molar refractivity (Wildman–Crippen MR) is 107 cm³/mol. The summed E-state index contributed by atoms with van der Waals surface area (Å²) in [6.07, 6.45) is 3.55. The normalized spacial score (nSPS) is 23.4. The number of aromatic nitrogens is 2. The largest absolute Gasteiger partial charge is 0.352 e. The lowest BCUT2D eigenvalue weighted by Crippen LogP contribution is -2.44. The number of hydrogen-bond donors (Lipinski definition) is 1. The van der Waals surface area contributed by atoms with E-state index in [1.54, 1.807) is 4.68 Å². The molecule has 134 valence electrons. The number of nitrogens with one attached hydrogen (secondary N) is 1. The van der Waals surface area contributed by atoms with E-state index < -0.39 is 0 Å². The fourth-order valence-corrected chi connectivity index (χ4v) is 5.39. The monoisotopic (exact) mass is 393 g/mol. The first-order valence-corrected chi connectivity index (χ1v) is 10.8. The number of hydrogen-bond acceptors (Lipinski definition) is 5. The molecule has 1 fully saturated rings. The Morgan fingerprint density at radius 3 is 2.88 bits per heavy atom. The Bertz CT molecular complexity index is 771. The van der Waals surface area contributed by atoms with Gasteiger partial charge in [-0.2, -0.15) is 0 Å². The third kappa shape index (κ3) is 4.71. The number of carbonyl (C=O) groups is 1. The lowest BCUT2D eigenvalue weighted by atomic mass is 9.78. The molecule has 1 N–H and O–H groups in total. The van der Waals surface area contributed by atoms with Gasteiger partial charge in [-0.25, -0.2) is 4.68 Å². The van der Waals surface area contributed by atoms with Crippen molar-refractivity contribution in [3.8, 4) is 5.69 Å². The van der Waals surface area contributed by atoms with Gasteiger partial charge in [-0.1, -0.05) is 68.0 Å². The van der Waals surface area contributed by atoms with Crippen molar-refractivity contribution in [2.75, 3.05) is 5.75 Å². The molecule has 4 nitrogen and oxygen atoms in total. The minimum Gasteiger partial charge on any atom is -0.352 e. The van der Waals surface area contributed by atoms with Crippen molar-refractivity contribution in [1.29, 1.82) is 0 Å². The number of carbonyl (C=O) groups excluding carboxylic acids is 1. The van der Waals surface area contributed by atoms with E-state index in [9.17, 15) is 4.79 Å². The van der Waals surface area contributed by atoms with E-state index in [-0.39, 0.29) is 5.91 Å². The SMILES string of the molecule is CC1CCCC(NC(=O)CSc2nn(-c3ccccc3)c(=S)s2)C1C. The van der Waals surface area contributed by atoms with Gasteiger partial charge in [-0.3, -0.25) is 4.79 Å². The van der Waals surface area contributed by atoms with Crippen molar-refractivity contribution in [2.45, 2.75) is 43.5 Å². The summed E-state index contributed by atoms with van der Waals surface area (Å²) in [5, 5.41) is 7.75. The van der Waals surface area contributed by atoms with Crippen LogP contribution in [0.3, 0.4) is 0 Å². The summed E-state index contributed by atoms with van der Waals surface area (Å²) < 4.78 is 3.28. The van der Waals surface area contributed by atoms with Crippen LogP contribution in [0.15, 0.2) is 34.7 Å². The number of para-hydroxylation sites is 1. The second kappa shape index (κ2) is 8.47. The van der Waals surface area contributed by atoms with E-state index in [1.807, 2.05) is 30.3 Å². The number of rotatable bonds is 5. The van der Waals surface area contributed by atoms with Gasteiger partial charge in [0.25, 0.3) is 0 Å². The van der Waals surface area contributed by atoms with Crippen molar-refractivity contribution >= 4 is 41.2 Å². The highest BCUT2D eigenvalue weighted by Crippen LogP contribution is 2.30. The average Bonchev–Trinajstić information content (AvgIpc) is 2.99. The van der Waals surface area contributed by atoms with Crippen LogP contribution in [0.1, 0.15) is 33.1 Å². The van der Waals surface area contributed by atoms with Gasteiger partial charge in [0.1, 0.15) is 0 Å². The van der Waals surface area contributed by atoms with Crippen LogP contribution < -0.4 is 5.32 Å². The molecule has 1 aromatic carbocycles. The number of benzene rings is 1. The van der Waals surface area contributed by atoms with Crippen molar-refractivity contribution in [3.63, 3.8) is 0 Å². The molecule has 1 saturated carbocycles. The van der Waals surface area contributed by atoms with Crippen molar-refractivity contribution < 1.29 is 4.79 Å². The first kappa shape index (κ1) is 18.6. The molecule has 1 heterocycles. The number of thioether (sulfide) groups is 1. The summed E-state index contributed by atoms with van der Waals surface area (Å²) in [6.45, 7) is 4.52. The van der Waals surface area contributed by atoms with Gasteiger partial charge >= 0.3 is 0 Å². The molecule has 1 aliphatic carbocycles. The molecule has 1 aromatic heterocycles. The highest BCUT2D eigenvalue weighted by Gasteiger charge is 2.28. The summed E-state index contributed by atoms with van der Waals surface area (Å²) >= 11 is 8.30. The summed E-state index contributed by atoms with van der Waals surface area (Å²) in [5.41, 5.74) is 0.949. The maximum Gasteiger partial charge on any atom is 0.230 e. The fourth-order valence-electron chi connectivity index (χ4n) is 3.21.